The third-order valence-corrected chi connectivity index (χ3v) is 2.70. The first kappa shape index (κ1) is 7.71. The van der Waals surface area contributed by atoms with Crippen molar-refractivity contribution in [2.45, 2.75) is 0 Å². The molecule has 0 fully saturated rings. The number of fused-ring (bicyclic) bond motifs is 1. The predicted octanol–water partition coefficient (Wildman–Crippen LogP) is 0.0672. The van der Waals surface area contributed by atoms with Crippen LogP contribution in [0.3, 0.4) is 0 Å². The van der Waals surface area contributed by atoms with Gasteiger partial charge in [-0.1, -0.05) is 20.6 Å². The topological polar surface area (TPSA) is 71.8 Å². The zero-order valence-electron chi connectivity index (χ0n) is 6.00. The van der Waals surface area contributed by atoms with E-state index in [1.54, 1.807) is 6.07 Å². The van der Waals surface area contributed by atoms with Gasteiger partial charge in [-0.25, -0.2) is 4.98 Å². The Morgan fingerprint density at radius 3 is 3.17 bits per heavy atom. The highest BCUT2D eigenvalue weighted by molar-refractivity contribution is 7.27. The predicted molar refractivity (Wildman–Crippen MR) is 54.0 cm³/mol. The van der Waals surface area contributed by atoms with Gasteiger partial charge in [0.15, 0.2) is 5.13 Å². The second-order valence-electron chi connectivity index (χ2n) is 2.32. The summed E-state index contributed by atoms with van der Waals surface area (Å²) < 4.78 is 0. The molecule has 6 heteroatoms. The van der Waals surface area contributed by atoms with Gasteiger partial charge in [0.05, 0.1) is 0 Å². The molecule has 0 radical (unpaired) electrons. The Bertz CT molecular complexity index is 489. The first-order valence-corrected chi connectivity index (χ1v) is 4.61. The van der Waals surface area contributed by atoms with Gasteiger partial charge in [0.2, 0.25) is 0 Å². The second kappa shape index (κ2) is 2.54. The monoisotopic (exact) mass is 199 g/mol. The van der Waals surface area contributed by atoms with Crippen LogP contribution in [0.2, 0.25) is 0 Å². The van der Waals surface area contributed by atoms with Crippen molar-refractivity contribution in [3.63, 3.8) is 0 Å². The lowest BCUT2D eigenvalue weighted by molar-refractivity contribution is 1.34. The van der Waals surface area contributed by atoms with Crippen LogP contribution >= 0.6 is 20.6 Å². The van der Waals surface area contributed by atoms with Crippen molar-refractivity contribution in [3.8, 4) is 0 Å². The Hall–Kier alpha value is -0.930. The molecule has 62 valence electrons. The molecule has 2 heterocycles. The zero-order valence-corrected chi connectivity index (χ0v) is 7.97. The summed E-state index contributed by atoms with van der Waals surface area (Å²) in [7, 11) is 2.35. The van der Waals surface area contributed by atoms with Crippen LogP contribution in [0.15, 0.2) is 10.9 Å². The molecule has 4 nitrogen and oxygen atoms in total. The molecule has 0 amide bonds. The number of aromatic nitrogens is 2. The minimum atomic E-state index is -0.115. The maximum atomic E-state index is 11.1. The van der Waals surface area contributed by atoms with Gasteiger partial charge >= 0.3 is 0 Å². The van der Waals surface area contributed by atoms with Crippen LogP contribution < -0.4 is 16.6 Å². The Morgan fingerprint density at radius 1 is 1.67 bits per heavy atom. The van der Waals surface area contributed by atoms with Crippen LogP contribution in [-0.2, 0) is 0 Å². The minimum Gasteiger partial charge on any atom is -0.375 e. The van der Waals surface area contributed by atoms with Crippen molar-refractivity contribution < 1.29 is 0 Å². The van der Waals surface area contributed by atoms with Gasteiger partial charge in [0.1, 0.15) is 10.3 Å². The van der Waals surface area contributed by atoms with E-state index >= 15 is 0 Å². The highest BCUT2D eigenvalue weighted by atomic mass is 32.1. The smallest absolute Gasteiger partial charge is 0.256 e. The van der Waals surface area contributed by atoms with E-state index in [0.717, 1.165) is 10.3 Å². The Morgan fingerprint density at radius 2 is 2.42 bits per heavy atom. The summed E-state index contributed by atoms with van der Waals surface area (Å²) in [6.45, 7) is 0. The van der Waals surface area contributed by atoms with Crippen molar-refractivity contribution >= 4 is 41.4 Å². The molecule has 0 saturated carbocycles. The summed E-state index contributed by atoms with van der Waals surface area (Å²) in [5.74, 6) is 0. The number of nitrogens with one attached hydrogen (secondary N) is 1. The van der Waals surface area contributed by atoms with E-state index < -0.39 is 0 Å². The summed E-state index contributed by atoms with van der Waals surface area (Å²) in [6, 6.07) is 1.70. The number of hydrogen-bond donors (Lipinski definition) is 2. The molecule has 2 rings (SSSR count). The van der Waals surface area contributed by atoms with Gasteiger partial charge in [-0.05, 0) is 6.07 Å². The molecule has 1 atom stereocenters. The van der Waals surface area contributed by atoms with Crippen LogP contribution in [0.4, 0.5) is 5.13 Å². The van der Waals surface area contributed by atoms with Crippen molar-refractivity contribution in [2.75, 3.05) is 5.73 Å². The normalized spacial score (nSPS) is 10.8. The standard InChI is InChI=1S/C6H6N3OPS/c7-6-8-2-1-3(11)4(10)9-5(2)12-6/h1H,11H2,(H2,7,8)(H,9,10). The molecule has 0 saturated heterocycles. The molecule has 3 N–H and O–H groups in total. The van der Waals surface area contributed by atoms with E-state index in [9.17, 15) is 4.79 Å². The molecule has 0 aliphatic carbocycles. The van der Waals surface area contributed by atoms with Crippen molar-refractivity contribution in [3.05, 3.63) is 16.4 Å². The molecule has 12 heavy (non-hydrogen) atoms. The lowest BCUT2D eigenvalue weighted by Crippen LogP contribution is -2.19. The van der Waals surface area contributed by atoms with Gasteiger partial charge in [0, 0.05) is 5.30 Å². The number of rotatable bonds is 0. The van der Waals surface area contributed by atoms with Crippen molar-refractivity contribution in [1.29, 1.82) is 0 Å². The van der Waals surface area contributed by atoms with E-state index in [1.807, 2.05) is 0 Å². The first-order chi connectivity index (χ1) is 5.66. The van der Waals surface area contributed by atoms with E-state index in [-0.39, 0.29) is 5.56 Å². The molecule has 0 aliphatic heterocycles. The van der Waals surface area contributed by atoms with E-state index in [2.05, 4.69) is 19.2 Å². The molecule has 0 aromatic carbocycles. The Kier molecular flexibility index (Phi) is 1.63. The maximum absolute atomic E-state index is 11.1. The van der Waals surface area contributed by atoms with Gasteiger partial charge < -0.3 is 10.7 Å². The van der Waals surface area contributed by atoms with Crippen LogP contribution in [0, 0.1) is 0 Å². The van der Waals surface area contributed by atoms with Gasteiger partial charge in [-0.3, -0.25) is 4.79 Å². The number of nitrogens with zero attached hydrogens (tertiary/aromatic N) is 1. The summed E-state index contributed by atoms with van der Waals surface area (Å²) in [5.41, 5.74) is 6.09. The quantitative estimate of drug-likeness (QED) is 0.589. The van der Waals surface area contributed by atoms with E-state index in [1.165, 1.54) is 11.3 Å². The van der Waals surface area contributed by atoms with E-state index in [0.29, 0.717) is 10.4 Å². The highest BCUT2D eigenvalue weighted by Crippen LogP contribution is 2.19. The molecular weight excluding hydrogens is 193 g/mol. The molecule has 0 bridgehead atoms. The number of anilines is 1. The highest BCUT2D eigenvalue weighted by Gasteiger charge is 2.02. The Labute approximate surface area is 74.0 Å². The Balaban J connectivity index is 2.92. The summed E-state index contributed by atoms with van der Waals surface area (Å²) in [5, 5.41) is 1.05. The van der Waals surface area contributed by atoms with Gasteiger partial charge in [0.25, 0.3) is 5.56 Å². The third kappa shape index (κ3) is 1.11. The minimum absolute atomic E-state index is 0.115. The number of nitrogen functional groups attached to an aromatic ring is 1. The van der Waals surface area contributed by atoms with Crippen LogP contribution in [-0.4, -0.2) is 9.97 Å². The van der Waals surface area contributed by atoms with Crippen LogP contribution in [0.5, 0.6) is 0 Å². The second-order valence-corrected chi connectivity index (χ2v) is 3.97. The summed E-state index contributed by atoms with van der Waals surface area (Å²) in [4.78, 5) is 18.5. The number of nitrogens with two attached hydrogens (primary N) is 1. The molecule has 0 spiro atoms. The molecular formula is C6H6N3OPS. The summed E-state index contributed by atoms with van der Waals surface area (Å²) in [6.07, 6.45) is 0. The van der Waals surface area contributed by atoms with Gasteiger partial charge in [-0.2, -0.15) is 0 Å². The van der Waals surface area contributed by atoms with E-state index in [4.69, 9.17) is 5.73 Å². The van der Waals surface area contributed by atoms with Crippen LogP contribution in [0.1, 0.15) is 0 Å². The fourth-order valence-electron chi connectivity index (χ4n) is 0.925. The number of thiazole rings is 1. The average Bonchev–Trinajstić information content (AvgIpc) is 2.30. The lowest BCUT2D eigenvalue weighted by atomic mass is 10.4. The third-order valence-electron chi connectivity index (χ3n) is 1.45. The van der Waals surface area contributed by atoms with Crippen molar-refractivity contribution in [1.82, 2.24) is 9.97 Å². The first-order valence-electron chi connectivity index (χ1n) is 3.21. The summed E-state index contributed by atoms with van der Waals surface area (Å²) >= 11 is 1.28. The number of hydrogen-bond acceptors (Lipinski definition) is 4. The van der Waals surface area contributed by atoms with Crippen LogP contribution in [0.25, 0.3) is 10.3 Å². The molecule has 0 aliphatic rings. The number of pyridine rings is 1. The molecule has 1 unspecified atom stereocenters. The largest absolute Gasteiger partial charge is 0.375 e. The number of H-pyrrole nitrogens is 1. The molecule has 2 aromatic rings. The molecule has 2 aromatic heterocycles. The fraction of sp³-hybridized carbons (Fsp3) is 0. The van der Waals surface area contributed by atoms with Gasteiger partial charge in [-0.15, -0.1) is 0 Å². The van der Waals surface area contributed by atoms with Crippen molar-refractivity contribution in [2.24, 2.45) is 0 Å². The average molecular weight is 199 g/mol. The zero-order chi connectivity index (χ0) is 8.72. The number of aromatic amines is 1. The SMILES string of the molecule is Nc1nc2cc(P)c(=O)[nH]c2s1. The lowest BCUT2D eigenvalue weighted by Gasteiger charge is -1.88. The maximum Gasteiger partial charge on any atom is 0.256 e. The fourth-order valence-corrected chi connectivity index (χ4v) is 1.86.